The summed E-state index contributed by atoms with van der Waals surface area (Å²) in [6.45, 7) is 8.00. The third kappa shape index (κ3) is 5.62. The van der Waals surface area contributed by atoms with E-state index in [0.717, 1.165) is 29.8 Å². The Morgan fingerprint density at radius 3 is 2.44 bits per heavy atom. The van der Waals surface area contributed by atoms with Crippen LogP contribution in [0.2, 0.25) is 0 Å². The summed E-state index contributed by atoms with van der Waals surface area (Å²) in [7, 11) is 5.39. The summed E-state index contributed by atoms with van der Waals surface area (Å²) in [5.41, 5.74) is 3.29. The van der Waals surface area contributed by atoms with Gasteiger partial charge in [0.25, 0.3) is 0 Å². The first-order valence-corrected chi connectivity index (χ1v) is 11.3. The smallest absolute Gasteiger partial charge is 0.161 e. The number of aliphatic hydroxyl groups excluding tert-OH is 1. The van der Waals surface area contributed by atoms with E-state index in [-0.39, 0.29) is 24.3 Å². The van der Waals surface area contributed by atoms with E-state index in [0.29, 0.717) is 12.3 Å². The number of rotatable bonds is 10. The van der Waals surface area contributed by atoms with Crippen LogP contribution in [0, 0.1) is 0 Å². The molecule has 1 heterocycles. The standard InChI is InChI=1S/C26H38N2O4/c1-18(12-19-10-8-7-9-11-19)27-15-21(29)17-32-25-22-14-24(31-6)23(30-5)13-20(22)16-28(4)26(25,2)3/h7-11,13-14,18,21,25,27,29H,12,15-17H2,1-6H3. The molecule has 2 aromatic rings. The fraction of sp³-hybridized carbons (Fsp3) is 0.538. The maximum absolute atomic E-state index is 10.6. The topological polar surface area (TPSA) is 63.2 Å². The number of ether oxygens (including phenoxy) is 3. The average Bonchev–Trinajstić information content (AvgIpc) is 2.78. The van der Waals surface area contributed by atoms with Crippen molar-refractivity contribution < 1.29 is 19.3 Å². The van der Waals surface area contributed by atoms with Crippen LogP contribution in [0.1, 0.15) is 43.6 Å². The molecule has 32 heavy (non-hydrogen) atoms. The van der Waals surface area contributed by atoms with Gasteiger partial charge in [0.05, 0.1) is 26.9 Å². The monoisotopic (exact) mass is 442 g/mol. The van der Waals surface area contributed by atoms with Crippen molar-refractivity contribution in [2.45, 2.75) is 57.5 Å². The van der Waals surface area contributed by atoms with Crippen LogP contribution in [0.4, 0.5) is 0 Å². The minimum absolute atomic E-state index is 0.201. The molecule has 176 valence electrons. The van der Waals surface area contributed by atoms with Crippen LogP contribution in [0.15, 0.2) is 42.5 Å². The SMILES string of the molecule is COc1cc2c(cc1OC)C(OCC(O)CNC(C)Cc1ccccc1)C(C)(C)N(C)C2. The number of benzene rings is 2. The molecule has 3 unspecified atom stereocenters. The maximum atomic E-state index is 10.6. The molecule has 0 saturated carbocycles. The fourth-order valence-electron chi connectivity index (χ4n) is 4.29. The van der Waals surface area contributed by atoms with Gasteiger partial charge in [-0.3, -0.25) is 4.90 Å². The highest BCUT2D eigenvalue weighted by Gasteiger charge is 2.41. The van der Waals surface area contributed by atoms with Gasteiger partial charge in [-0.1, -0.05) is 30.3 Å². The van der Waals surface area contributed by atoms with Crippen molar-refractivity contribution >= 4 is 0 Å². The molecule has 0 radical (unpaired) electrons. The quantitative estimate of drug-likeness (QED) is 0.587. The third-order valence-electron chi connectivity index (χ3n) is 6.50. The second-order valence-electron chi connectivity index (χ2n) is 9.28. The molecule has 0 amide bonds. The van der Waals surface area contributed by atoms with Crippen molar-refractivity contribution in [3.8, 4) is 11.5 Å². The van der Waals surface area contributed by atoms with Crippen molar-refractivity contribution in [2.75, 3.05) is 34.4 Å². The summed E-state index contributed by atoms with van der Waals surface area (Å²) in [5.74, 6) is 1.41. The van der Waals surface area contributed by atoms with E-state index in [4.69, 9.17) is 14.2 Å². The second kappa shape index (κ2) is 10.7. The molecule has 0 aromatic heterocycles. The van der Waals surface area contributed by atoms with E-state index in [9.17, 15) is 5.11 Å². The van der Waals surface area contributed by atoms with Gasteiger partial charge in [0.15, 0.2) is 11.5 Å². The molecule has 6 nitrogen and oxygen atoms in total. The van der Waals surface area contributed by atoms with E-state index in [1.807, 2.05) is 18.2 Å². The highest BCUT2D eigenvalue weighted by molar-refractivity contribution is 5.50. The molecule has 0 spiro atoms. The molecule has 3 rings (SSSR count). The van der Waals surface area contributed by atoms with Gasteiger partial charge in [-0.25, -0.2) is 0 Å². The van der Waals surface area contributed by atoms with Gasteiger partial charge >= 0.3 is 0 Å². The molecule has 3 atom stereocenters. The van der Waals surface area contributed by atoms with Crippen molar-refractivity contribution in [1.29, 1.82) is 0 Å². The summed E-state index contributed by atoms with van der Waals surface area (Å²) in [5, 5.41) is 14.0. The minimum Gasteiger partial charge on any atom is -0.493 e. The number of nitrogens with one attached hydrogen (secondary N) is 1. The number of likely N-dealkylation sites (N-methyl/N-ethyl adjacent to an activating group) is 1. The predicted molar refractivity (Wildman–Crippen MR) is 127 cm³/mol. The lowest BCUT2D eigenvalue weighted by atomic mass is 9.82. The van der Waals surface area contributed by atoms with E-state index in [1.165, 1.54) is 5.56 Å². The Morgan fingerprint density at radius 1 is 1.12 bits per heavy atom. The molecule has 0 aliphatic carbocycles. The fourth-order valence-corrected chi connectivity index (χ4v) is 4.29. The Labute approximate surface area is 192 Å². The average molecular weight is 443 g/mol. The summed E-state index contributed by atoms with van der Waals surface area (Å²) in [4.78, 5) is 2.28. The number of fused-ring (bicyclic) bond motifs is 1. The Hall–Kier alpha value is -2.12. The number of hydrogen-bond donors (Lipinski definition) is 2. The van der Waals surface area contributed by atoms with Gasteiger partial charge in [-0.15, -0.1) is 0 Å². The minimum atomic E-state index is -0.597. The van der Waals surface area contributed by atoms with Gasteiger partial charge in [-0.2, -0.15) is 0 Å². The summed E-state index contributed by atoms with van der Waals surface area (Å²) < 4.78 is 17.4. The highest BCUT2D eigenvalue weighted by Crippen LogP contribution is 2.44. The summed E-state index contributed by atoms with van der Waals surface area (Å²) >= 11 is 0. The van der Waals surface area contributed by atoms with Crippen LogP contribution >= 0.6 is 0 Å². The Morgan fingerprint density at radius 2 is 1.78 bits per heavy atom. The Bertz CT molecular complexity index is 872. The van der Waals surface area contributed by atoms with Crippen LogP contribution in [0.25, 0.3) is 0 Å². The molecule has 1 aliphatic heterocycles. The lowest BCUT2D eigenvalue weighted by molar-refractivity contribution is -0.0887. The molecular weight excluding hydrogens is 404 g/mol. The first kappa shape index (κ1) is 24.5. The Balaban J connectivity index is 1.64. The van der Waals surface area contributed by atoms with Gasteiger partial charge < -0.3 is 24.6 Å². The number of aliphatic hydroxyl groups is 1. The number of hydrogen-bond acceptors (Lipinski definition) is 6. The van der Waals surface area contributed by atoms with Crippen LogP contribution < -0.4 is 14.8 Å². The van der Waals surface area contributed by atoms with E-state index in [2.05, 4.69) is 62.3 Å². The molecule has 2 N–H and O–H groups in total. The first-order chi connectivity index (χ1) is 15.3. The van der Waals surface area contributed by atoms with Crippen molar-refractivity contribution in [1.82, 2.24) is 10.2 Å². The van der Waals surface area contributed by atoms with Gasteiger partial charge in [0, 0.05) is 24.7 Å². The molecule has 0 fully saturated rings. The highest BCUT2D eigenvalue weighted by atomic mass is 16.5. The molecule has 0 saturated heterocycles. The van der Waals surface area contributed by atoms with E-state index < -0.39 is 6.10 Å². The van der Waals surface area contributed by atoms with Gasteiger partial charge in [-0.05, 0) is 63.1 Å². The lowest BCUT2D eigenvalue weighted by Crippen LogP contribution is -2.50. The summed E-state index contributed by atoms with van der Waals surface area (Å²) in [6.07, 6.45) is 0.122. The largest absolute Gasteiger partial charge is 0.493 e. The van der Waals surface area contributed by atoms with E-state index >= 15 is 0 Å². The molecule has 1 aliphatic rings. The zero-order chi connectivity index (χ0) is 23.3. The van der Waals surface area contributed by atoms with Crippen LogP contribution in [0.5, 0.6) is 11.5 Å². The molecule has 2 aromatic carbocycles. The molecule has 6 heteroatoms. The maximum Gasteiger partial charge on any atom is 0.161 e. The predicted octanol–water partition coefficient (Wildman–Crippen LogP) is 3.57. The van der Waals surface area contributed by atoms with Crippen LogP contribution in [0.3, 0.4) is 0 Å². The van der Waals surface area contributed by atoms with Crippen molar-refractivity contribution in [3.05, 3.63) is 59.2 Å². The Kier molecular flexibility index (Phi) is 8.17. The van der Waals surface area contributed by atoms with Gasteiger partial charge in [0.2, 0.25) is 0 Å². The van der Waals surface area contributed by atoms with Crippen molar-refractivity contribution in [3.63, 3.8) is 0 Å². The molecular formula is C26H38N2O4. The first-order valence-electron chi connectivity index (χ1n) is 11.3. The normalized spacial score (nSPS) is 19.8. The van der Waals surface area contributed by atoms with Crippen LogP contribution in [-0.2, 0) is 17.7 Å². The number of methoxy groups -OCH3 is 2. The lowest BCUT2D eigenvalue weighted by Gasteiger charge is -2.47. The zero-order valence-corrected chi connectivity index (χ0v) is 20.2. The van der Waals surface area contributed by atoms with E-state index in [1.54, 1.807) is 14.2 Å². The van der Waals surface area contributed by atoms with Crippen molar-refractivity contribution in [2.24, 2.45) is 0 Å². The summed E-state index contributed by atoms with van der Waals surface area (Å²) in [6, 6.07) is 14.7. The molecule has 0 bridgehead atoms. The van der Waals surface area contributed by atoms with Gasteiger partial charge in [0.1, 0.15) is 6.10 Å². The van der Waals surface area contributed by atoms with Crippen LogP contribution in [-0.4, -0.2) is 62.1 Å². The second-order valence-corrected chi connectivity index (χ2v) is 9.28. The third-order valence-corrected chi connectivity index (χ3v) is 6.50. The number of nitrogens with zero attached hydrogens (tertiary/aromatic N) is 1. The zero-order valence-electron chi connectivity index (χ0n) is 20.2.